The van der Waals surface area contributed by atoms with Crippen molar-refractivity contribution in [3.05, 3.63) is 65.7 Å². The van der Waals surface area contributed by atoms with Crippen molar-refractivity contribution < 1.29 is 4.79 Å². The maximum atomic E-state index is 11.9. The zero-order chi connectivity index (χ0) is 19.5. The van der Waals surface area contributed by atoms with E-state index in [0.29, 0.717) is 12.5 Å². The van der Waals surface area contributed by atoms with E-state index in [0.717, 1.165) is 17.9 Å². The molecule has 0 unspecified atom stereocenters. The summed E-state index contributed by atoms with van der Waals surface area (Å²) in [7, 11) is 3.50. The molecule has 28 heavy (non-hydrogen) atoms. The fourth-order valence-corrected chi connectivity index (χ4v) is 3.12. The molecule has 0 atom stereocenters. The third-order valence-electron chi connectivity index (χ3n) is 3.81. The van der Waals surface area contributed by atoms with Crippen LogP contribution in [0.5, 0.6) is 0 Å². The molecule has 0 fully saturated rings. The lowest BCUT2D eigenvalue weighted by atomic mass is 10.1. The second-order valence-electron chi connectivity index (χ2n) is 6.38. The number of benzene rings is 2. The minimum absolute atomic E-state index is 0. The molecule has 2 N–H and O–H groups in total. The van der Waals surface area contributed by atoms with E-state index in [9.17, 15) is 4.79 Å². The Balaban J connectivity index is 0.00000392. The Hall–Kier alpha value is -1.74. The largest absolute Gasteiger partial charge is 0.356 e. The first-order valence-electron chi connectivity index (χ1n) is 9.00. The smallest absolute Gasteiger partial charge is 0.241 e. The predicted molar refractivity (Wildman–Crippen MR) is 130 cm³/mol. The van der Waals surface area contributed by atoms with Crippen LogP contribution in [0.4, 0.5) is 0 Å². The molecule has 2 aromatic rings. The summed E-state index contributed by atoms with van der Waals surface area (Å²) in [6, 6.07) is 18.6. The highest BCUT2D eigenvalue weighted by Crippen LogP contribution is 2.15. The van der Waals surface area contributed by atoms with Gasteiger partial charge in [0, 0.05) is 31.3 Å². The summed E-state index contributed by atoms with van der Waals surface area (Å²) in [5.41, 5.74) is 2.36. The van der Waals surface area contributed by atoms with Gasteiger partial charge in [-0.3, -0.25) is 4.79 Å². The molecule has 0 bridgehead atoms. The van der Waals surface area contributed by atoms with Crippen LogP contribution < -0.4 is 10.6 Å². The van der Waals surface area contributed by atoms with Crippen LogP contribution in [0, 0.1) is 6.92 Å². The van der Waals surface area contributed by atoms with Crippen LogP contribution in [-0.4, -0.2) is 49.7 Å². The normalized spacial score (nSPS) is 10.8. The first kappa shape index (κ1) is 24.3. The Labute approximate surface area is 189 Å². The third kappa shape index (κ3) is 9.45. The van der Waals surface area contributed by atoms with Crippen LogP contribution in [-0.2, 0) is 11.3 Å². The highest BCUT2D eigenvalue weighted by Gasteiger charge is 2.06. The van der Waals surface area contributed by atoms with Crippen LogP contribution >= 0.6 is 35.7 Å². The van der Waals surface area contributed by atoms with Gasteiger partial charge in [0.25, 0.3) is 0 Å². The van der Waals surface area contributed by atoms with Crippen molar-refractivity contribution in [3.63, 3.8) is 0 Å². The maximum Gasteiger partial charge on any atom is 0.241 e. The molecule has 2 rings (SSSR count). The van der Waals surface area contributed by atoms with Crippen LogP contribution in [0.15, 0.2) is 64.5 Å². The number of hydrogen-bond donors (Lipinski definition) is 2. The molecule has 2 aromatic carbocycles. The van der Waals surface area contributed by atoms with Gasteiger partial charge >= 0.3 is 0 Å². The second-order valence-corrected chi connectivity index (χ2v) is 7.55. The zero-order valence-corrected chi connectivity index (χ0v) is 19.8. The molecule has 152 valence electrons. The summed E-state index contributed by atoms with van der Waals surface area (Å²) in [5, 5.41) is 6.44. The molecule has 0 aliphatic carbocycles. The maximum absolute atomic E-state index is 11.9. The van der Waals surface area contributed by atoms with E-state index in [1.54, 1.807) is 30.8 Å². The van der Waals surface area contributed by atoms with Crippen molar-refractivity contribution in [1.82, 2.24) is 15.5 Å². The van der Waals surface area contributed by atoms with Gasteiger partial charge in [-0.2, -0.15) is 0 Å². The van der Waals surface area contributed by atoms with Gasteiger partial charge in [-0.25, -0.2) is 4.99 Å². The topological polar surface area (TPSA) is 56.7 Å². The number of nitrogens with zero attached hydrogens (tertiary/aromatic N) is 2. The van der Waals surface area contributed by atoms with Crippen LogP contribution in [0.25, 0.3) is 0 Å². The lowest BCUT2D eigenvalue weighted by Gasteiger charge is -2.15. The Morgan fingerprint density at radius 2 is 1.82 bits per heavy atom. The Kier molecular flexibility index (Phi) is 11.7. The second kappa shape index (κ2) is 13.4. The monoisotopic (exact) mass is 512 g/mol. The highest BCUT2D eigenvalue weighted by atomic mass is 127. The molecule has 0 heterocycles. The average molecular weight is 512 g/mol. The number of carbonyl (C=O) groups is 1. The van der Waals surface area contributed by atoms with E-state index in [1.807, 2.05) is 24.3 Å². The van der Waals surface area contributed by atoms with E-state index in [1.165, 1.54) is 10.5 Å². The number of amides is 1. The van der Waals surface area contributed by atoms with Gasteiger partial charge in [-0.15, -0.1) is 35.7 Å². The summed E-state index contributed by atoms with van der Waals surface area (Å²) in [4.78, 5) is 19.3. The van der Waals surface area contributed by atoms with Crippen LogP contribution in [0.3, 0.4) is 0 Å². The number of likely N-dealkylation sites (N-methyl/N-ethyl adjacent to an activating group) is 1. The minimum Gasteiger partial charge on any atom is -0.356 e. The lowest BCUT2D eigenvalue weighted by Crippen LogP contribution is -2.43. The van der Waals surface area contributed by atoms with E-state index >= 15 is 0 Å². The fourth-order valence-electron chi connectivity index (χ4n) is 2.33. The molecular weight excluding hydrogens is 483 g/mol. The summed E-state index contributed by atoms with van der Waals surface area (Å²) in [5.74, 6) is 1.58. The summed E-state index contributed by atoms with van der Waals surface area (Å²) in [6.07, 6.45) is 0. The fraction of sp³-hybridized carbons (Fsp3) is 0.333. The van der Waals surface area contributed by atoms with Crippen molar-refractivity contribution in [2.75, 3.05) is 32.9 Å². The van der Waals surface area contributed by atoms with Gasteiger partial charge in [0.15, 0.2) is 5.96 Å². The molecule has 0 aliphatic rings. The molecule has 0 saturated heterocycles. The molecule has 0 aromatic heterocycles. The average Bonchev–Trinajstić information content (AvgIpc) is 2.67. The molecule has 0 aliphatic heterocycles. The Bertz CT molecular complexity index is 753. The van der Waals surface area contributed by atoms with Gasteiger partial charge in [0.2, 0.25) is 5.91 Å². The van der Waals surface area contributed by atoms with Crippen LogP contribution in [0.1, 0.15) is 11.1 Å². The SMILES string of the molecule is Cc1cccc(CN=C(NCCSc2ccccc2)NCC(=O)N(C)C)c1.I. The van der Waals surface area contributed by atoms with Crippen LogP contribution in [0.2, 0.25) is 0 Å². The molecule has 5 nitrogen and oxygen atoms in total. The molecular formula is C21H29IN4OS. The van der Waals surface area contributed by atoms with Crippen molar-refractivity contribution in [2.24, 2.45) is 4.99 Å². The molecule has 7 heteroatoms. The number of hydrogen-bond acceptors (Lipinski definition) is 3. The number of aryl methyl sites for hydroxylation is 1. The number of aliphatic imine (C=N–C) groups is 1. The number of halogens is 1. The van der Waals surface area contributed by atoms with E-state index < -0.39 is 0 Å². The number of thioether (sulfide) groups is 1. The number of carbonyl (C=O) groups excluding carboxylic acids is 1. The van der Waals surface area contributed by atoms with E-state index in [4.69, 9.17) is 0 Å². The summed E-state index contributed by atoms with van der Waals surface area (Å²) >= 11 is 1.79. The van der Waals surface area contributed by atoms with Gasteiger partial charge in [-0.1, -0.05) is 48.0 Å². The summed E-state index contributed by atoms with van der Waals surface area (Å²) in [6.45, 7) is 3.62. The molecule has 0 radical (unpaired) electrons. The summed E-state index contributed by atoms with van der Waals surface area (Å²) < 4.78 is 0. The van der Waals surface area contributed by atoms with E-state index in [2.05, 4.69) is 52.9 Å². The van der Waals surface area contributed by atoms with E-state index in [-0.39, 0.29) is 36.4 Å². The van der Waals surface area contributed by atoms with Crippen molar-refractivity contribution in [1.29, 1.82) is 0 Å². The number of rotatable bonds is 8. The predicted octanol–water partition coefficient (Wildman–Crippen LogP) is 3.53. The van der Waals surface area contributed by atoms with Gasteiger partial charge in [0.1, 0.15) is 0 Å². The number of nitrogens with one attached hydrogen (secondary N) is 2. The minimum atomic E-state index is 0. The molecule has 0 saturated carbocycles. The van der Waals surface area contributed by atoms with Gasteiger partial charge in [0.05, 0.1) is 13.1 Å². The quantitative estimate of drug-likeness (QED) is 0.187. The number of guanidine groups is 1. The van der Waals surface area contributed by atoms with Crippen molar-refractivity contribution >= 4 is 47.6 Å². The van der Waals surface area contributed by atoms with Gasteiger partial charge < -0.3 is 15.5 Å². The first-order chi connectivity index (χ1) is 13.0. The molecule has 0 spiro atoms. The lowest BCUT2D eigenvalue weighted by molar-refractivity contribution is -0.127. The zero-order valence-electron chi connectivity index (χ0n) is 16.6. The Morgan fingerprint density at radius 1 is 1.07 bits per heavy atom. The van der Waals surface area contributed by atoms with Crippen molar-refractivity contribution in [3.8, 4) is 0 Å². The third-order valence-corrected chi connectivity index (χ3v) is 4.83. The first-order valence-corrected chi connectivity index (χ1v) is 9.99. The highest BCUT2D eigenvalue weighted by molar-refractivity contribution is 14.0. The standard InChI is InChI=1S/C21H28N4OS.HI/c1-17-8-7-9-18(14-17)15-23-21(24-16-20(26)25(2)3)22-12-13-27-19-10-5-4-6-11-19;/h4-11,14H,12-13,15-16H2,1-3H3,(H2,22,23,24);1H. The van der Waals surface area contributed by atoms with Gasteiger partial charge in [-0.05, 0) is 24.6 Å². The van der Waals surface area contributed by atoms with Crippen molar-refractivity contribution in [2.45, 2.75) is 18.4 Å². The molecule has 1 amide bonds. The Morgan fingerprint density at radius 3 is 2.50 bits per heavy atom.